The fraction of sp³-hybridized carbons (Fsp3) is 0.452. The summed E-state index contributed by atoms with van der Waals surface area (Å²) in [6.45, 7) is 9.39. The molecular formula is C31H45N3O6S. The summed E-state index contributed by atoms with van der Waals surface area (Å²) in [5, 5.41) is 9.09. The summed E-state index contributed by atoms with van der Waals surface area (Å²) in [7, 11) is -3.32. The van der Waals surface area contributed by atoms with Crippen molar-refractivity contribution in [3.05, 3.63) is 83.8 Å². The Morgan fingerprint density at radius 3 is 1.63 bits per heavy atom. The van der Waals surface area contributed by atoms with E-state index in [2.05, 4.69) is 16.0 Å². The molecule has 2 rings (SSSR count). The standard InChI is InChI=1S/C25H39N3O6S.C6H6/c1-17(2)14-21(23(29)26-19(5)12-13-35(6,32)33)27-24(30)22(15-18(3)4)28-25(31)34-16-20-10-8-7-9-11-20;1-2-4-6-5-3-1/h7-13,17-19,21-22H,14-16H2,1-6H3,(H,26,29)(H,27,30)(H,28,31);1-6H/b13-12+;. The molecular weight excluding hydrogens is 542 g/mol. The van der Waals surface area contributed by atoms with Gasteiger partial charge in [0.1, 0.15) is 18.7 Å². The average molecular weight is 588 g/mol. The lowest BCUT2D eigenvalue weighted by atomic mass is 10.00. The van der Waals surface area contributed by atoms with Crippen molar-refractivity contribution in [3.8, 4) is 0 Å². The summed E-state index contributed by atoms with van der Waals surface area (Å²) in [5.74, 6) is -0.734. The van der Waals surface area contributed by atoms with E-state index >= 15 is 0 Å². The lowest BCUT2D eigenvalue weighted by Gasteiger charge is -2.25. The first-order chi connectivity index (χ1) is 19.3. The fourth-order valence-electron chi connectivity index (χ4n) is 3.60. The number of nitrogens with one attached hydrogen (secondary N) is 3. The number of hydrogen-bond acceptors (Lipinski definition) is 6. The largest absolute Gasteiger partial charge is 0.445 e. The second kappa shape index (κ2) is 18.6. The van der Waals surface area contributed by atoms with E-state index in [1.165, 1.54) is 6.08 Å². The number of hydrogen-bond donors (Lipinski definition) is 3. The third-order valence-corrected chi connectivity index (χ3v) is 6.17. The maximum atomic E-state index is 13.1. The molecule has 0 aromatic heterocycles. The van der Waals surface area contributed by atoms with Gasteiger partial charge in [-0.1, -0.05) is 101 Å². The van der Waals surface area contributed by atoms with Crippen LogP contribution in [0.3, 0.4) is 0 Å². The SMILES string of the molecule is CC(C)CC(NC(=O)OCc1ccccc1)C(=O)NC(CC(C)C)C(=O)NC(C)/C=C/S(C)(=O)=O.c1ccccc1. The summed E-state index contributed by atoms with van der Waals surface area (Å²) in [5.41, 5.74) is 0.820. The van der Waals surface area contributed by atoms with Crippen LogP contribution in [-0.2, 0) is 30.8 Å². The Balaban J connectivity index is 0.00000123. The van der Waals surface area contributed by atoms with E-state index in [1.54, 1.807) is 6.92 Å². The van der Waals surface area contributed by atoms with Crippen LogP contribution in [0.1, 0.15) is 53.0 Å². The van der Waals surface area contributed by atoms with Crippen LogP contribution in [-0.4, -0.2) is 50.7 Å². The van der Waals surface area contributed by atoms with Crippen molar-refractivity contribution in [2.24, 2.45) is 11.8 Å². The van der Waals surface area contributed by atoms with E-state index in [0.717, 1.165) is 17.2 Å². The van der Waals surface area contributed by atoms with E-state index in [0.29, 0.717) is 12.8 Å². The lowest BCUT2D eigenvalue weighted by Crippen LogP contribution is -2.55. The third kappa shape index (κ3) is 17.6. The van der Waals surface area contributed by atoms with Gasteiger partial charge >= 0.3 is 6.09 Å². The quantitative estimate of drug-likeness (QED) is 0.314. The van der Waals surface area contributed by atoms with Crippen molar-refractivity contribution < 1.29 is 27.5 Å². The van der Waals surface area contributed by atoms with Crippen LogP contribution in [0.25, 0.3) is 0 Å². The highest BCUT2D eigenvalue weighted by molar-refractivity contribution is 7.93. The van der Waals surface area contributed by atoms with Gasteiger partial charge in [-0.15, -0.1) is 0 Å². The maximum Gasteiger partial charge on any atom is 0.408 e. The minimum atomic E-state index is -3.32. The lowest BCUT2D eigenvalue weighted by molar-refractivity contribution is -0.130. The van der Waals surface area contributed by atoms with Gasteiger partial charge in [-0.2, -0.15) is 0 Å². The Morgan fingerprint density at radius 1 is 0.732 bits per heavy atom. The van der Waals surface area contributed by atoms with E-state index in [-0.39, 0.29) is 18.4 Å². The first-order valence-corrected chi connectivity index (χ1v) is 15.7. The number of carbonyl (C=O) groups is 3. The normalized spacial score (nSPS) is 13.5. The Morgan fingerprint density at radius 2 is 1.17 bits per heavy atom. The second-order valence-corrected chi connectivity index (χ2v) is 12.6. The second-order valence-electron chi connectivity index (χ2n) is 10.7. The zero-order valence-corrected chi connectivity index (χ0v) is 25.7. The predicted molar refractivity (Wildman–Crippen MR) is 162 cm³/mol. The number of benzene rings is 2. The monoisotopic (exact) mass is 587 g/mol. The molecule has 0 spiro atoms. The molecule has 0 aliphatic carbocycles. The van der Waals surface area contributed by atoms with Crippen molar-refractivity contribution in [2.45, 2.75) is 72.2 Å². The number of ether oxygens (including phenoxy) is 1. The van der Waals surface area contributed by atoms with Crippen LogP contribution < -0.4 is 16.0 Å². The fourth-order valence-corrected chi connectivity index (χ4v) is 4.12. The number of amides is 3. The number of rotatable bonds is 13. The Bertz CT molecular complexity index is 1160. The Kier molecular flexibility index (Phi) is 16.1. The molecule has 0 aliphatic heterocycles. The zero-order chi connectivity index (χ0) is 30.8. The van der Waals surface area contributed by atoms with E-state index in [9.17, 15) is 22.8 Å². The number of sulfone groups is 1. The van der Waals surface area contributed by atoms with Gasteiger partial charge in [0.05, 0.1) is 0 Å². The summed E-state index contributed by atoms with van der Waals surface area (Å²) >= 11 is 0. The van der Waals surface area contributed by atoms with Crippen molar-refractivity contribution >= 4 is 27.7 Å². The molecule has 0 bridgehead atoms. The van der Waals surface area contributed by atoms with Gasteiger partial charge in [0.2, 0.25) is 11.8 Å². The van der Waals surface area contributed by atoms with Crippen LogP contribution in [0.2, 0.25) is 0 Å². The zero-order valence-electron chi connectivity index (χ0n) is 24.9. The van der Waals surface area contributed by atoms with E-state index < -0.39 is 45.9 Å². The molecule has 3 unspecified atom stereocenters. The molecule has 3 amide bonds. The van der Waals surface area contributed by atoms with Gasteiger partial charge in [0.15, 0.2) is 9.84 Å². The predicted octanol–water partition coefficient (Wildman–Crippen LogP) is 4.61. The molecule has 0 saturated carbocycles. The topological polar surface area (TPSA) is 131 Å². The first-order valence-electron chi connectivity index (χ1n) is 13.7. The molecule has 3 N–H and O–H groups in total. The maximum absolute atomic E-state index is 13.1. The average Bonchev–Trinajstić information content (AvgIpc) is 2.91. The molecule has 2 aromatic carbocycles. The van der Waals surface area contributed by atoms with Crippen LogP contribution in [0.4, 0.5) is 4.79 Å². The van der Waals surface area contributed by atoms with Crippen molar-refractivity contribution in [1.82, 2.24) is 16.0 Å². The summed E-state index contributed by atoms with van der Waals surface area (Å²) in [6, 6.07) is 18.9. The molecule has 41 heavy (non-hydrogen) atoms. The van der Waals surface area contributed by atoms with Crippen LogP contribution in [0, 0.1) is 11.8 Å². The van der Waals surface area contributed by atoms with Crippen molar-refractivity contribution in [2.75, 3.05) is 6.26 Å². The van der Waals surface area contributed by atoms with Gasteiger partial charge < -0.3 is 20.7 Å². The molecule has 0 heterocycles. The number of carbonyl (C=O) groups excluding carboxylic acids is 3. The molecule has 0 radical (unpaired) electrons. The highest BCUT2D eigenvalue weighted by Crippen LogP contribution is 2.10. The molecule has 0 fully saturated rings. The van der Waals surface area contributed by atoms with Crippen molar-refractivity contribution in [3.63, 3.8) is 0 Å². The first kappa shape index (κ1) is 35.4. The highest BCUT2D eigenvalue weighted by atomic mass is 32.2. The highest BCUT2D eigenvalue weighted by Gasteiger charge is 2.28. The molecule has 226 valence electrons. The smallest absolute Gasteiger partial charge is 0.408 e. The Hall–Kier alpha value is -3.66. The Labute approximate surface area is 245 Å². The van der Waals surface area contributed by atoms with Crippen molar-refractivity contribution in [1.29, 1.82) is 0 Å². The molecule has 0 saturated heterocycles. The van der Waals surface area contributed by atoms with Gasteiger partial charge in [-0.05, 0) is 37.2 Å². The minimum absolute atomic E-state index is 0.0694. The van der Waals surface area contributed by atoms with Crippen LogP contribution in [0.5, 0.6) is 0 Å². The molecule has 10 heteroatoms. The summed E-state index contributed by atoms with van der Waals surface area (Å²) < 4.78 is 27.9. The summed E-state index contributed by atoms with van der Waals surface area (Å²) in [6.07, 6.45) is 2.43. The van der Waals surface area contributed by atoms with E-state index in [1.807, 2.05) is 94.4 Å². The molecule has 0 aliphatic rings. The van der Waals surface area contributed by atoms with Gasteiger partial charge in [-0.3, -0.25) is 9.59 Å². The van der Waals surface area contributed by atoms with Crippen LogP contribution >= 0.6 is 0 Å². The van der Waals surface area contributed by atoms with Crippen LogP contribution in [0.15, 0.2) is 78.2 Å². The molecule has 2 aromatic rings. The molecule has 9 nitrogen and oxygen atoms in total. The summed E-state index contributed by atoms with van der Waals surface area (Å²) in [4.78, 5) is 38.3. The van der Waals surface area contributed by atoms with Gasteiger partial charge in [0, 0.05) is 17.7 Å². The van der Waals surface area contributed by atoms with Gasteiger partial charge in [-0.25, -0.2) is 13.2 Å². The van der Waals surface area contributed by atoms with E-state index in [4.69, 9.17) is 4.74 Å². The third-order valence-electron chi connectivity index (χ3n) is 5.52. The minimum Gasteiger partial charge on any atom is -0.445 e. The van der Waals surface area contributed by atoms with Gasteiger partial charge in [0.25, 0.3) is 0 Å². The number of alkyl carbamates (subject to hydrolysis) is 1. The molecule has 3 atom stereocenters.